The number of amides is 3. The number of aliphatic hydroxyl groups excluding tert-OH is 6. The summed E-state index contributed by atoms with van der Waals surface area (Å²) in [6.45, 7) is 7.39. The first-order valence-electron chi connectivity index (χ1n) is 35.3. The summed E-state index contributed by atoms with van der Waals surface area (Å²) in [5.41, 5.74) is 0.964. The molecule has 2 aromatic carbocycles. The molecular formula is C69H108N4O34. The van der Waals surface area contributed by atoms with Crippen molar-refractivity contribution in [1.29, 1.82) is 0 Å². The molecule has 0 aliphatic carbocycles. The summed E-state index contributed by atoms with van der Waals surface area (Å²) in [5.74, 6) is 0.225. The summed E-state index contributed by atoms with van der Waals surface area (Å²) < 4.78 is 98.1. The van der Waals surface area contributed by atoms with Gasteiger partial charge in [-0.05, 0) is 67.5 Å². The van der Waals surface area contributed by atoms with E-state index in [9.17, 15) is 74.1 Å². The van der Waals surface area contributed by atoms with Crippen molar-refractivity contribution in [3.8, 4) is 11.5 Å². The maximum atomic E-state index is 13.3. The number of rotatable bonds is 63. The zero-order valence-electron chi connectivity index (χ0n) is 60.6. The number of hydrogen-bond acceptors (Lipinski definition) is 34. The SMILES string of the molecule is CC(=O)OCc1ccc(O[C@@H]2OC[C@@H](O)[C@H](O)[C@H]2O)c(C(=O)CCCOCCOCCOCCOCCOCC(=O)N[C@@H](CCCCNC(=O)COCCOCCOCCOCCOCCNC(=O)c2cc(COC(C)=O)ccc2O[C@@H]2O[C@H](C(=O)O)[C@@H](O)[C@H](O)[C@H]2O)C(=O)CCCOCCOCCON)c1. The summed E-state index contributed by atoms with van der Waals surface area (Å²) in [6, 6.07) is 7.90. The van der Waals surface area contributed by atoms with Crippen LogP contribution in [0.2, 0.25) is 0 Å². The molecule has 0 radical (unpaired) electrons. The van der Waals surface area contributed by atoms with Crippen LogP contribution in [0, 0.1) is 0 Å². The van der Waals surface area contributed by atoms with Crippen LogP contribution in [0.1, 0.15) is 90.6 Å². The first-order chi connectivity index (χ1) is 51.7. The lowest BCUT2D eigenvalue weighted by atomic mass is 9.99. The number of carboxylic acid groups (broad SMARTS) is 1. The second-order valence-electron chi connectivity index (χ2n) is 23.9. The molecule has 10 atom stereocenters. The number of carbonyl (C=O) groups is 8. The molecule has 107 heavy (non-hydrogen) atoms. The third-order valence-corrected chi connectivity index (χ3v) is 15.3. The Morgan fingerprint density at radius 3 is 1.44 bits per heavy atom. The Hall–Kier alpha value is -6.68. The maximum Gasteiger partial charge on any atom is 0.335 e. The van der Waals surface area contributed by atoms with Gasteiger partial charge in [-0.25, -0.2) is 10.7 Å². The van der Waals surface area contributed by atoms with Crippen LogP contribution in [0.15, 0.2) is 36.4 Å². The van der Waals surface area contributed by atoms with Gasteiger partial charge < -0.3 is 142 Å². The number of esters is 2. The van der Waals surface area contributed by atoms with E-state index in [1.165, 1.54) is 44.2 Å². The molecule has 0 saturated carbocycles. The van der Waals surface area contributed by atoms with Gasteiger partial charge in [0.25, 0.3) is 5.91 Å². The zero-order valence-corrected chi connectivity index (χ0v) is 60.6. The lowest BCUT2D eigenvalue weighted by molar-refractivity contribution is -0.271. The topological polar surface area (TPSA) is 516 Å². The van der Waals surface area contributed by atoms with Gasteiger partial charge in [0, 0.05) is 53.0 Å². The molecule has 0 bridgehead atoms. The average Bonchev–Trinajstić information content (AvgIpc) is 0.810. The van der Waals surface area contributed by atoms with Crippen LogP contribution in [0.5, 0.6) is 11.5 Å². The standard InChI is InChI=1S/C69H108N4O34/c1-46(74)101-41-48-10-12-56(105-68-63(84)60(81)55(78)43-103-68)50(39-48)53(76)8-5-16-89-19-22-92-25-27-94-30-32-97-34-36-100-45-59(80)73-52(54(77)9-6-17-90-20-23-98-37-38-104-70)7-3-4-14-71-58(79)44-99-35-33-96-31-29-95-28-26-93-24-21-91-18-15-72-66(86)51-40-49(42-102-47(2)75)11-13-57(51)106-69-64(85)61(82)62(83)65(107-69)67(87)88/h10-13,39-40,52,55,60-65,68-69,78,81-85H,3-9,14-38,41-45,70H2,1-2H3,(H,71,79)(H,72,86)(H,73,80)(H,87,88)/t52-,55+,60-,61-,62-,63+,64+,65-,68-,69+/m0/s1. The molecule has 0 unspecified atom stereocenters. The number of ether oxygens (including phenoxy) is 18. The van der Waals surface area contributed by atoms with E-state index in [-0.39, 0.29) is 205 Å². The third-order valence-electron chi connectivity index (χ3n) is 15.3. The van der Waals surface area contributed by atoms with Crippen molar-refractivity contribution in [3.63, 3.8) is 0 Å². The van der Waals surface area contributed by atoms with Crippen LogP contribution in [0.25, 0.3) is 0 Å². The summed E-state index contributed by atoms with van der Waals surface area (Å²) in [6.07, 6.45) is -12.9. The van der Waals surface area contributed by atoms with Gasteiger partial charge >= 0.3 is 17.9 Å². The Labute approximate surface area is 619 Å². The Morgan fingerprint density at radius 1 is 0.477 bits per heavy atom. The first kappa shape index (κ1) is 92.7. The van der Waals surface area contributed by atoms with Gasteiger partial charge in [0.05, 0.1) is 163 Å². The van der Waals surface area contributed by atoms with Crippen LogP contribution in [0.4, 0.5) is 0 Å². The number of unbranched alkanes of at least 4 members (excludes halogenated alkanes) is 1. The Bertz CT molecular complexity index is 2860. The van der Waals surface area contributed by atoms with Crippen LogP contribution >= 0.6 is 0 Å². The largest absolute Gasteiger partial charge is 0.479 e. The number of carbonyl (C=O) groups excluding carboxylic acids is 7. The van der Waals surface area contributed by atoms with Crippen molar-refractivity contribution >= 4 is 47.2 Å². The van der Waals surface area contributed by atoms with Crippen LogP contribution < -0.4 is 31.3 Å². The number of aliphatic carboxylic acids is 1. The molecule has 2 aromatic rings. The Morgan fingerprint density at radius 2 is 0.925 bits per heavy atom. The van der Waals surface area contributed by atoms with E-state index in [0.29, 0.717) is 89.4 Å². The average molecular weight is 1540 g/mol. The normalized spacial score (nSPS) is 19.5. The molecule has 38 nitrogen and oxygen atoms in total. The summed E-state index contributed by atoms with van der Waals surface area (Å²) >= 11 is 0. The zero-order chi connectivity index (χ0) is 77.8. The summed E-state index contributed by atoms with van der Waals surface area (Å²) in [5, 5.41) is 78.5. The highest BCUT2D eigenvalue weighted by Crippen LogP contribution is 2.30. The number of aliphatic hydroxyl groups is 6. The van der Waals surface area contributed by atoms with Gasteiger partial charge in [0.15, 0.2) is 17.7 Å². The molecule has 608 valence electrons. The number of ketones is 2. The highest BCUT2D eigenvalue weighted by molar-refractivity contribution is 5.99. The van der Waals surface area contributed by atoms with Gasteiger partial charge in [-0.3, -0.25) is 33.6 Å². The van der Waals surface area contributed by atoms with Crippen molar-refractivity contribution in [2.45, 2.75) is 133 Å². The molecule has 38 heteroatoms. The monoisotopic (exact) mass is 1540 g/mol. The molecular weight excluding hydrogens is 1430 g/mol. The van der Waals surface area contributed by atoms with Crippen molar-refractivity contribution in [3.05, 3.63) is 58.7 Å². The molecule has 4 rings (SSSR count). The highest BCUT2D eigenvalue weighted by Gasteiger charge is 2.48. The minimum Gasteiger partial charge on any atom is -0.479 e. The number of carboxylic acids is 1. The van der Waals surface area contributed by atoms with E-state index in [4.69, 9.17) is 91.2 Å². The fourth-order valence-electron chi connectivity index (χ4n) is 9.73. The van der Waals surface area contributed by atoms with Crippen molar-refractivity contribution in [2.75, 3.05) is 185 Å². The number of Topliss-reactive ketones (excluding diaryl/α,β-unsaturated/α-hetero) is 2. The van der Waals surface area contributed by atoms with Gasteiger partial charge in [0.2, 0.25) is 24.4 Å². The van der Waals surface area contributed by atoms with Crippen molar-refractivity contribution in [1.82, 2.24) is 16.0 Å². The summed E-state index contributed by atoms with van der Waals surface area (Å²) in [4.78, 5) is 104. The quantitative estimate of drug-likeness (QED) is 0.0141. The molecule has 3 amide bonds. The maximum absolute atomic E-state index is 13.3. The fraction of sp³-hybridized carbons (Fsp3) is 0.710. The van der Waals surface area contributed by atoms with Gasteiger partial charge in [0.1, 0.15) is 74.6 Å². The Balaban J connectivity index is 0.982. The van der Waals surface area contributed by atoms with Crippen LogP contribution in [0.3, 0.4) is 0 Å². The molecule has 12 N–H and O–H groups in total. The smallest absolute Gasteiger partial charge is 0.335 e. The highest BCUT2D eigenvalue weighted by atomic mass is 16.7. The molecule has 2 saturated heterocycles. The third kappa shape index (κ3) is 40.0. The summed E-state index contributed by atoms with van der Waals surface area (Å²) in [7, 11) is 0. The molecule has 2 heterocycles. The molecule has 0 aromatic heterocycles. The number of nitrogens with one attached hydrogen (secondary N) is 3. The van der Waals surface area contributed by atoms with Crippen molar-refractivity contribution in [2.24, 2.45) is 5.90 Å². The lowest BCUT2D eigenvalue weighted by Crippen LogP contribution is -2.61. The first-order valence-corrected chi connectivity index (χ1v) is 35.3. The van der Waals surface area contributed by atoms with E-state index < -0.39 is 91.1 Å². The van der Waals surface area contributed by atoms with Gasteiger partial charge in [-0.1, -0.05) is 12.1 Å². The Kier molecular flexibility index (Phi) is 49.0. The van der Waals surface area contributed by atoms with Crippen molar-refractivity contribution < 1.29 is 164 Å². The second kappa shape index (κ2) is 56.5. The van der Waals surface area contributed by atoms with Gasteiger partial charge in [-0.15, -0.1) is 0 Å². The predicted octanol–water partition coefficient (Wildman–Crippen LogP) is -2.50. The number of nitrogens with two attached hydrogens (primary N) is 1. The van der Waals surface area contributed by atoms with Crippen LogP contribution in [-0.2, 0) is 123 Å². The van der Waals surface area contributed by atoms with Crippen LogP contribution in [-0.4, -0.2) is 329 Å². The molecule has 2 aliphatic rings. The fourth-order valence-corrected chi connectivity index (χ4v) is 9.73. The van der Waals surface area contributed by atoms with E-state index >= 15 is 0 Å². The van der Waals surface area contributed by atoms with E-state index in [1.807, 2.05) is 0 Å². The van der Waals surface area contributed by atoms with E-state index in [2.05, 4.69) is 20.8 Å². The number of benzene rings is 2. The second-order valence-corrected chi connectivity index (χ2v) is 23.9. The molecule has 0 spiro atoms. The molecule has 2 fully saturated rings. The van der Waals surface area contributed by atoms with E-state index in [1.54, 1.807) is 6.07 Å². The minimum atomic E-state index is -1.95. The lowest BCUT2D eigenvalue weighted by Gasteiger charge is -2.38. The minimum absolute atomic E-state index is 0.0345. The number of hydrogen-bond donors (Lipinski definition) is 11. The predicted molar refractivity (Wildman–Crippen MR) is 366 cm³/mol. The van der Waals surface area contributed by atoms with Gasteiger partial charge in [-0.2, -0.15) is 0 Å². The molecule has 2 aliphatic heterocycles. The van der Waals surface area contributed by atoms with E-state index in [0.717, 1.165) is 0 Å².